The maximum Gasteiger partial charge on any atom is 0.242 e. The number of aromatic amines is 1. The van der Waals surface area contributed by atoms with Crippen molar-refractivity contribution < 1.29 is 12.6 Å². The number of nitrogen functional groups attached to an aromatic ring is 1. The van der Waals surface area contributed by atoms with Gasteiger partial charge < -0.3 is 10.7 Å². The number of aromatic nitrogens is 1. The van der Waals surface area contributed by atoms with Crippen LogP contribution in [0.4, 0.5) is 5.69 Å². The van der Waals surface area contributed by atoms with Crippen molar-refractivity contribution in [2.75, 3.05) is 18.5 Å². The molecular weight excluding hydrogens is 298 g/mol. The van der Waals surface area contributed by atoms with Gasteiger partial charge in [-0.15, -0.1) is 0 Å². The summed E-state index contributed by atoms with van der Waals surface area (Å²) in [6, 6.07) is 4.99. The molecule has 0 fully saturated rings. The van der Waals surface area contributed by atoms with Crippen LogP contribution in [-0.4, -0.2) is 35.7 Å². The fraction of sp³-hybridized carbons (Fsp3) is 0.333. The second-order valence-corrected chi connectivity index (χ2v) is 8.16. The van der Waals surface area contributed by atoms with E-state index in [-0.39, 0.29) is 16.7 Å². The van der Waals surface area contributed by atoms with Gasteiger partial charge in [0.2, 0.25) is 10.0 Å². The van der Waals surface area contributed by atoms with Crippen molar-refractivity contribution in [3.05, 3.63) is 24.4 Å². The molecule has 0 radical (unpaired) electrons. The molecule has 20 heavy (non-hydrogen) atoms. The molecular formula is C12H17N3O3S2. The van der Waals surface area contributed by atoms with Gasteiger partial charge in [0.05, 0.1) is 0 Å². The van der Waals surface area contributed by atoms with Crippen LogP contribution in [0.1, 0.15) is 6.92 Å². The molecule has 0 spiro atoms. The normalized spacial score (nSPS) is 15.3. The van der Waals surface area contributed by atoms with Crippen LogP contribution in [-0.2, 0) is 20.8 Å². The van der Waals surface area contributed by atoms with Crippen LogP contribution in [0.15, 0.2) is 29.3 Å². The van der Waals surface area contributed by atoms with Gasteiger partial charge in [0, 0.05) is 51.6 Å². The number of fused-ring (bicyclic) bond motifs is 1. The molecule has 2 rings (SSSR count). The van der Waals surface area contributed by atoms with Crippen LogP contribution >= 0.6 is 0 Å². The quantitative estimate of drug-likeness (QED) is 0.710. The zero-order chi connectivity index (χ0) is 14.9. The van der Waals surface area contributed by atoms with Crippen LogP contribution in [0.2, 0.25) is 0 Å². The third kappa shape index (κ3) is 3.02. The monoisotopic (exact) mass is 315 g/mol. The maximum atomic E-state index is 12.3. The lowest BCUT2D eigenvalue weighted by Crippen LogP contribution is -2.32. The number of nitrogens with two attached hydrogens (primary N) is 1. The van der Waals surface area contributed by atoms with Crippen molar-refractivity contribution >= 4 is 37.4 Å². The molecule has 6 nitrogen and oxygen atoms in total. The zero-order valence-electron chi connectivity index (χ0n) is 11.2. The van der Waals surface area contributed by atoms with Gasteiger partial charge in [-0.25, -0.2) is 13.1 Å². The van der Waals surface area contributed by atoms with Crippen LogP contribution in [0.25, 0.3) is 10.9 Å². The Morgan fingerprint density at radius 2 is 2.15 bits per heavy atom. The number of sulfonamides is 1. The van der Waals surface area contributed by atoms with Crippen molar-refractivity contribution in [1.29, 1.82) is 0 Å². The molecule has 0 amide bonds. The minimum atomic E-state index is -3.64. The Morgan fingerprint density at radius 1 is 1.45 bits per heavy atom. The Bertz CT molecular complexity index is 752. The Balaban J connectivity index is 2.30. The van der Waals surface area contributed by atoms with Crippen LogP contribution in [0.5, 0.6) is 0 Å². The second-order valence-electron chi connectivity index (χ2n) is 4.62. The highest BCUT2D eigenvalue weighted by molar-refractivity contribution is 7.90. The van der Waals surface area contributed by atoms with E-state index < -0.39 is 20.8 Å². The van der Waals surface area contributed by atoms with Gasteiger partial charge in [0.25, 0.3) is 0 Å². The summed E-state index contributed by atoms with van der Waals surface area (Å²) in [5, 5.41) is 0.336. The van der Waals surface area contributed by atoms with E-state index in [1.165, 1.54) is 6.20 Å². The molecule has 2 unspecified atom stereocenters. The summed E-state index contributed by atoms with van der Waals surface area (Å²) in [5.74, 6) is 0. The molecule has 2 atom stereocenters. The van der Waals surface area contributed by atoms with Crippen molar-refractivity contribution in [2.45, 2.75) is 17.1 Å². The summed E-state index contributed by atoms with van der Waals surface area (Å²) in [4.78, 5) is 3.05. The van der Waals surface area contributed by atoms with Crippen molar-refractivity contribution in [2.24, 2.45) is 0 Å². The minimum absolute atomic E-state index is 0.132. The van der Waals surface area contributed by atoms with Crippen LogP contribution in [0.3, 0.4) is 0 Å². The lowest BCUT2D eigenvalue weighted by molar-refractivity contribution is 0.581. The van der Waals surface area contributed by atoms with E-state index in [0.717, 1.165) is 0 Å². The highest BCUT2D eigenvalue weighted by atomic mass is 32.2. The van der Waals surface area contributed by atoms with Crippen LogP contribution < -0.4 is 10.5 Å². The van der Waals surface area contributed by atoms with Crippen LogP contribution in [0, 0.1) is 0 Å². The molecule has 0 bridgehead atoms. The predicted octanol–water partition coefficient (Wildman–Crippen LogP) is 0.795. The number of benzene rings is 1. The van der Waals surface area contributed by atoms with Gasteiger partial charge in [-0.1, -0.05) is 0 Å². The van der Waals surface area contributed by atoms with Crippen molar-refractivity contribution in [3.63, 3.8) is 0 Å². The molecule has 1 aromatic carbocycles. The Hall–Kier alpha value is -1.38. The van der Waals surface area contributed by atoms with Gasteiger partial charge in [-0.05, 0) is 25.1 Å². The van der Waals surface area contributed by atoms with E-state index in [0.29, 0.717) is 16.6 Å². The first-order valence-electron chi connectivity index (χ1n) is 6.00. The first kappa shape index (κ1) is 15.0. The minimum Gasteiger partial charge on any atom is -0.399 e. The number of hydrogen-bond acceptors (Lipinski definition) is 4. The molecule has 8 heteroatoms. The Labute approximate surface area is 120 Å². The summed E-state index contributed by atoms with van der Waals surface area (Å²) < 4.78 is 38.2. The SMILES string of the molecule is CC(CNS(=O)(=O)c1c[nH]c2cc(N)ccc12)S(C)=O. The third-order valence-corrected chi connectivity index (χ3v) is 5.85. The van der Waals surface area contributed by atoms with E-state index in [9.17, 15) is 12.6 Å². The highest BCUT2D eigenvalue weighted by Gasteiger charge is 2.20. The first-order chi connectivity index (χ1) is 9.31. The summed E-state index contributed by atoms with van der Waals surface area (Å²) in [6.07, 6.45) is 2.98. The predicted molar refractivity (Wildman–Crippen MR) is 81.4 cm³/mol. The topological polar surface area (TPSA) is 105 Å². The summed E-state index contributed by atoms with van der Waals surface area (Å²) in [6.45, 7) is 1.86. The van der Waals surface area contributed by atoms with Gasteiger partial charge >= 0.3 is 0 Å². The summed E-state index contributed by atoms with van der Waals surface area (Å²) in [7, 11) is -4.71. The average molecular weight is 315 g/mol. The van der Waals surface area contributed by atoms with E-state index >= 15 is 0 Å². The van der Waals surface area contributed by atoms with E-state index in [4.69, 9.17) is 5.73 Å². The van der Waals surface area contributed by atoms with Crippen molar-refractivity contribution in [3.8, 4) is 0 Å². The lowest BCUT2D eigenvalue weighted by atomic mass is 10.2. The fourth-order valence-electron chi connectivity index (χ4n) is 1.76. The number of nitrogens with one attached hydrogen (secondary N) is 2. The second kappa shape index (κ2) is 5.55. The van der Waals surface area contributed by atoms with Gasteiger partial charge in [0.1, 0.15) is 4.90 Å². The number of anilines is 1. The zero-order valence-corrected chi connectivity index (χ0v) is 12.8. The Kier molecular flexibility index (Phi) is 4.17. The molecule has 2 aromatic rings. The van der Waals surface area contributed by atoms with E-state index in [1.54, 1.807) is 31.4 Å². The van der Waals surface area contributed by atoms with E-state index in [2.05, 4.69) is 9.71 Å². The standard InChI is InChI=1S/C12H17N3O3S2/c1-8(19(2)16)6-15-20(17,18)12-7-14-11-5-9(13)3-4-10(11)12/h3-5,7-8,14-15H,6,13H2,1-2H3. The van der Waals surface area contributed by atoms with Crippen molar-refractivity contribution in [1.82, 2.24) is 9.71 Å². The number of H-pyrrole nitrogens is 1. The van der Waals surface area contributed by atoms with E-state index in [1.807, 2.05) is 0 Å². The largest absolute Gasteiger partial charge is 0.399 e. The molecule has 110 valence electrons. The molecule has 0 aliphatic carbocycles. The molecule has 4 N–H and O–H groups in total. The molecule has 0 saturated heterocycles. The average Bonchev–Trinajstić information content (AvgIpc) is 2.79. The molecule has 0 aliphatic heterocycles. The summed E-state index contributed by atoms with van der Waals surface area (Å²) >= 11 is 0. The lowest BCUT2D eigenvalue weighted by Gasteiger charge is -2.10. The van der Waals surface area contributed by atoms with Gasteiger partial charge in [-0.2, -0.15) is 0 Å². The number of hydrogen-bond donors (Lipinski definition) is 3. The van der Waals surface area contributed by atoms with Gasteiger partial charge in [0.15, 0.2) is 0 Å². The summed E-state index contributed by atoms with van der Waals surface area (Å²) in [5.41, 5.74) is 6.88. The molecule has 0 aliphatic rings. The first-order valence-corrected chi connectivity index (χ1v) is 9.10. The maximum absolute atomic E-state index is 12.3. The molecule has 1 aromatic heterocycles. The Morgan fingerprint density at radius 3 is 2.80 bits per heavy atom. The smallest absolute Gasteiger partial charge is 0.242 e. The molecule has 0 saturated carbocycles. The third-order valence-electron chi connectivity index (χ3n) is 3.08. The fourth-order valence-corrected chi connectivity index (χ4v) is 3.49. The highest BCUT2D eigenvalue weighted by Crippen LogP contribution is 2.24. The molecule has 1 heterocycles. The van der Waals surface area contributed by atoms with Gasteiger partial charge in [-0.3, -0.25) is 4.21 Å². The number of rotatable bonds is 5.